The van der Waals surface area contributed by atoms with Gasteiger partial charge in [0, 0.05) is 36.1 Å². The highest BCUT2D eigenvalue weighted by Crippen LogP contribution is 2.37. The highest BCUT2D eigenvalue weighted by molar-refractivity contribution is 5.84. The molecule has 0 radical (unpaired) electrons. The molecule has 0 aliphatic rings. The molecule has 38 heavy (non-hydrogen) atoms. The Morgan fingerprint density at radius 2 is 1.63 bits per heavy atom. The van der Waals surface area contributed by atoms with E-state index in [0.29, 0.717) is 6.54 Å². The summed E-state index contributed by atoms with van der Waals surface area (Å²) in [7, 11) is 2.06. The van der Waals surface area contributed by atoms with Crippen LogP contribution < -0.4 is 16.4 Å². The van der Waals surface area contributed by atoms with Gasteiger partial charge in [0.2, 0.25) is 0 Å². The molecule has 5 heteroatoms. The lowest BCUT2D eigenvalue weighted by atomic mass is 10.0. The minimum atomic E-state index is 0.666. The minimum Gasteiger partial charge on any atom is -0.398 e. The lowest BCUT2D eigenvalue weighted by molar-refractivity contribution is 0.811. The van der Waals surface area contributed by atoms with Crippen LogP contribution >= 0.6 is 0 Å². The van der Waals surface area contributed by atoms with Crippen molar-refractivity contribution in [2.75, 3.05) is 16.4 Å². The number of nitrogens with zero attached hydrogens (tertiary/aromatic N) is 3. The number of rotatable bonds is 8. The smallest absolute Gasteiger partial charge is 0.140 e. The van der Waals surface area contributed by atoms with Gasteiger partial charge in [-0.2, -0.15) is 0 Å². The first-order chi connectivity index (χ1) is 18.4. The van der Waals surface area contributed by atoms with Crippen LogP contribution in [0, 0.1) is 6.92 Å². The summed E-state index contributed by atoms with van der Waals surface area (Å²) in [4.78, 5) is 7.19. The third-order valence-electron chi connectivity index (χ3n) is 7.19. The molecule has 0 unspecified atom stereocenters. The molecule has 4 N–H and O–H groups in total. The molecule has 5 rings (SSSR count). The van der Waals surface area contributed by atoms with Crippen LogP contribution in [0.4, 0.5) is 17.1 Å². The fourth-order valence-corrected chi connectivity index (χ4v) is 5.06. The van der Waals surface area contributed by atoms with Crippen LogP contribution in [0.1, 0.15) is 30.9 Å². The molecule has 5 nitrogen and oxygen atoms in total. The van der Waals surface area contributed by atoms with E-state index in [9.17, 15) is 0 Å². The topological polar surface area (TPSA) is 73.1 Å². The molecule has 5 aromatic rings. The second-order valence-corrected chi connectivity index (χ2v) is 9.90. The van der Waals surface area contributed by atoms with Gasteiger partial charge in [0.15, 0.2) is 0 Å². The molecule has 0 spiro atoms. The zero-order chi connectivity index (χ0) is 26.8. The molecule has 0 saturated heterocycles. The van der Waals surface area contributed by atoms with Crippen LogP contribution in [-0.2, 0) is 13.6 Å². The number of fused-ring (bicyclic) bond motifs is 1. The van der Waals surface area contributed by atoms with E-state index in [1.165, 1.54) is 5.56 Å². The van der Waals surface area contributed by atoms with E-state index in [4.69, 9.17) is 16.5 Å². The predicted octanol–water partition coefficient (Wildman–Crippen LogP) is 7.70. The first-order valence-electron chi connectivity index (χ1n) is 13.1. The number of allylic oxidation sites excluding steroid dienone is 1. The molecule has 0 atom stereocenters. The number of hydrogen-bond donors (Lipinski definition) is 2. The van der Waals surface area contributed by atoms with Crippen molar-refractivity contribution in [1.82, 2.24) is 9.55 Å². The molecule has 192 valence electrons. The van der Waals surface area contributed by atoms with E-state index in [1.807, 2.05) is 36.4 Å². The first kappa shape index (κ1) is 25.2. The highest BCUT2D eigenvalue weighted by atomic mass is 15.1. The summed E-state index contributed by atoms with van der Waals surface area (Å²) in [5.41, 5.74) is 23.9. The Morgan fingerprint density at radius 3 is 2.34 bits per heavy atom. The molecule has 1 aromatic heterocycles. The van der Waals surface area contributed by atoms with Crippen LogP contribution in [0.5, 0.6) is 0 Å². The Hall–Kier alpha value is -4.51. The van der Waals surface area contributed by atoms with Crippen molar-refractivity contribution in [3.63, 3.8) is 0 Å². The lowest BCUT2D eigenvalue weighted by Crippen LogP contribution is -2.23. The van der Waals surface area contributed by atoms with Gasteiger partial charge in [-0.3, -0.25) is 0 Å². The SMILES string of the molecule is C=C(CCC)N(Cc1ccc(-c2ccccc2N)cc1)c1cc(-c2nc3ccccc3n2C)cc(C)c1N. The maximum absolute atomic E-state index is 6.72. The number of anilines is 3. The Morgan fingerprint density at radius 1 is 0.921 bits per heavy atom. The Bertz CT molecular complexity index is 1610. The van der Waals surface area contributed by atoms with Crippen LogP contribution in [0.15, 0.2) is 97.2 Å². The molecular weight excluding hydrogens is 466 g/mol. The van der Waals surface area contributed by atoms with Crippen molar-refractivity contribution in [3.8, 4) is 22.5 Å². The largest absolute Gasteiger partial charge is 0.398 e. The van der Waals surface area contributed by atoms with Crippen molar-refractivity contribution in [2.45, 2.75) is 33.2 Å². The van der Waals surface area contributed by atoms with Crippen molar-refractivity contribution < 1.29 is 0 Å². The summed E-state index contributed by atoms with van der Waals surface area (Å²) < 4.78 is 2.14. The molecule has 0 saturated carbocycles. The lowest BCUT2D eigenvalue weighted by Gasteiger charge is -2.29. The van der Waals surface area contributed by atoms with Crippen molar-refractivity contribution in [1.29, 1.82) is 0 Å². The summed E-state index contributed by atoms with van der Waals surface area (Å²) in [6, 6.07) is 29.0. The Kier molecular flexibility index (Phi) is 6.93. The number of nitrogen functional groups attached to an aromatic ring is 2. The predicted molar refractivity (Wildman–Crippen MR) is 162 cm³/mol. The number of nitrogens with two attached hydrogens (primary N) is 2. The summed E-state index contributed by atoms with van der Waals surface area (Å²) >= 11 is 0. The Balaban J connectivity index is 1.54. The number of imidazole rings is 1. The standard InChI is InChI=1S/C33H35N5/c1-5-10-23(3)38(21-24-15-17-25(18-16-24)27-11-6-7-12-28(27)34)31-20-26(19-22(2)32(31)35)33-36-29-13-8-9-14-30(29)37(33)4/h6-9,11-20H,3,5,10,21,34-35H2,1-2,4H3. The molecule has 0 aliphatic heterocycles. The van der Waals surface area contributed by atoms with Gasteiger partial charge in [-0.05, 0) is 60.4 Å². The van der Waals surface area contributed by atoms with Gasteiger partial charge >= 0.3 is 0 Å². The number of aromatic nitrogens is 2. The van der Waals surface area contributed by atoms with Crippen LogP contribution in [0.25, 0.3) is 33.5 Å². The quantitative estimate of drug-likeness (QED) is 0.214. The molecular formula is C33H35N5. The molecule has 0 aliphatic carbocycles. The van der Waals surface area contributed by atoms with Gasteiger partial charge in [-0.15, -0.1) is 0 Å². The summed E-state index contributed by atoms with van der Waals surface area (Å²) in [6.45, 7) is 9.35. The van der Waals surface area contributed by atoms with E-state index in [2.05, 4.69) is 85.5 Å². The number of para-hydroxylation sites is 3. The van der Waals surface area contributed by atoms with E-state index >= 15 is 0 Å². The van der Waals surface area contributed by atoms with Crippen LogP contribution in [0.2, 0.25) is 0 Å². The Labute approximate surface area is 225 Å². The second kappa shape index (κ2) is 10.5. The first-order valence-corrected chi connectivity index (χ1v) is 13.1. The highest BCUT2D eigenvalue weighted by Gasteiger charge is 2.19. The number of benzene rings is 4. The van der Waals surface area contributed by atoms with E-state index < -0.39 is 0 Å². The van der Waals surface area contributed by atoms with Gasteiger partial charge < -0.3 is 20.9 Å². The van der Waals surface area contributed by atoms with Gasteiger partial charge in [0.25, 0.3) is 0 Å². The van der Waals surface area contributed by atoms with Crippen LogP contribution in [0.3, 0.4) is 0 Å². The van der Waals surface area contributed by atoms with Crippen molar-refractivity contribution in [3.05, 3.63) is 108 Å². The number of aryl methyl sites for hydroxylation is 2. The molecule has 0 fully saturated rings. The molecule has 1 heterocycles. The van der Waals surface area contributed by atoms with Gasteiger partial charge in [0.1, 0.15) is 5.82 Å². The minimum absolute atomic E-state index is 0.666. The fourth-order valence-electron chi connectivity index (χ4n) is 5.06. The molecule has 0 amide bonds. The van der Waals surface area contributed by atoms with Gasteiger partial charge in [-0.1, -0.05) is 74.5 Å². The second-order valence-electron chi connectivity index (χ2n) is 9.90. The van der Waals surface area contributed by atoms with Gasteiger partial charge in [-0.25, -0.2) is 4.98 Å². The maximum Gasteiger partial charge on any atom is 0.140 e. The summed E-state index contributed by atoms with van der Waals surface area (Å²) in [5.74, 6) is 0.918. The third kappa shape index (κ3) is 4.75. The monoisotopic (exact) mass is 501 g/mol. The average molecular weight is 502 g/mol. The zero-order valence-electron chi connectivity index (χ0n) is 22.4. The average Bonchev–Trinajstić information content (AvgIpc) is 3.26. The number of hydrogen-bond acceptors (Lipinski definition) is 4. The van der Waals surface area contributed by atoms with Crippen LogP contribution in [-0.4, -0.2) is 9.55 Å². The van der Waals surface area contributed by atoms with Crippen molar-refractivity contribution >= 4 is 28.1 Å². The summed E-state index contributed by atoms with van der Waals surface area (Å²) in [5, 5.41) is 0. The maximum atomic E-state index is 6.72. The third-order valence-corrected chi connectivity index (χ3v) is 7.19. The van der Waals surface area contributed by atoms with E-state index in [0.717, 1.165) is 74.7 Å². The summed E-state index contributed by atoms with van der Waals surface area (Å²) in [6.07, 6.45) is 1.89. The zero-order valence-corrected chi connectivity index (χ0v) is 22.4. The normalized spacial score (nSPS) is 11.1. The fraction of sp³-hybridized carbons (Fsp3) is 0.182. The van der Waals surface area contributed by atoms with Gasteiger partial charge in [0.05, 0.1) is 22.4 Å². The van der Waals surface area contributed by atoms with Crippen molar-refractivity contribution in [2.24, 2.45) is 7.05 Å². The molecule has 0 bridgehead atoms. The van der Waals surface area contributed by atoms with E-state index in [-0.39, 0.29) is 0 Å². The molecule has 4 aromatic carbocycles. The van der Waals surface area contributed by atoms with E-state index in [1.54, 1.807) is 0 Å².